The molecule has 1 aromatic rings. The summed E-state index contributed by atoms with van der Waals surface area (Å²) < 4.78 is 5.53. The van der Waals surface area contributed by atoms with Crippen molar-refractivity contribution in [2.75, 3.05) is 31.3 Å². The largest absolute Gasteiger partial charge is 0.365 e. The predicted octanol–water partition coefficient (Wildman–Crippen LogP) is 1.41. The van der Waals surface area contributed by atoms with Gasteiger partial charge in [0.25, 0.3) is 11.8 Å². The molecule has 2 aliphatic heterocycles. The smallest absolute Gasteiger partial charge is 0.253 e. The number of anilines is 1. The van der Waals surface area contributed by atoms with E-state index in [1.807, 2.05) is 6.92 Å². The molecule has 0 spiro atoms. The molecule has 0 aromatic heterocycles. The zero-order valence-corrected chi connectivity index (χ0v) is 16.5. The number of hydrogen-bond acceptors (Lipinski definition) is 5. The monoisotopic (exact) mass is 386 g/mol. The molecule has 0 aliphatic carbocycles. The summed E-state index contributed by atoms with van der Waals surface area (Å²) in [7, 11) is 0. The highest BCUT2D eigenvalue weighted by Gasteiger charge is 2.27. The lowest BCUT2D eigenvalue weighted by molar-refractivity contribution is -0.149. The SMILES string of the molecule is CC1=NN(c2ccc(C(=O)NCC3CN(CC(C)C)C(=O)CO3)cc2)C(=O)C1. The number of hydrogen-bond donors (Lipinski definition) is 1. The molecule has 1 saturated heterocycles. The van der Waals surface area contributed by atoms with Gasteiger partial charge >= 0.3 is 0 Å². The molecule has 2 heterocycles. The first-order chi connectivity index (χ1) is 13.3. The minimum absolute atomic E-state index is 0.0128. The summed E-state index contributed by atoms with van der Waals surface area (Å²) in [6, 6.07) is 6.74. The van der Waals surface area contributed by atoms with Crippen molar-refractivity contribution in [1.82, 2.24) is 10.2 Å². The molecule has 0 bridgehead atoms. The maximum Gasteiger partial charge on any atom is 0.253 e. The Morgan fingerprint density at radius 2 is 1.96 bits per heavy atom. The average Bonchev–Trinajstić information content (AvgIpc) is 3.00. The molecule has 1 N–H and O–H groups in total. The van der Waals surface area contributed by atoms with Gasteiger partial charge in [-0.2, -0.15) is 5.10 Å². The normalized spacial score (nSPS) is 20.0. The Labute approximate surface area is 164 Å². The van der Waals surface area contributed by atoms with Gasteiger partial charge in [-0.1, -0.05) is 13.8 Å². The maximum absolute atomic E-state index is 12.4. The summed E-state index contributed by atoms with van der Waals surface area (Å²) in [5.41, 5.74) is 1.89. The molecule has 8 nitrogen and oxygen atoms in total. The van der Waals surface area contributed by atoms with Gasteiger partial charge in [-0.15, -0.1) is 0 Å². The molecule has 28 heavy (non-hydrogen) atoms. The number of rotatable bonds is 6. The summed E-state index contributed by atoms with van der Waals surface area (Å²) in [4.78, 5) is 38.0. The number of carbonyl (C=O) groups is 3. The molecule has 3 amide bonds. The summed E-state index contributed by atoms with van der Waals surface area (Å²) in [5, 5.41) is 8.40. The van der Waals surface area contributed by atoms with Gasteiger partial charge in [-0.3, -0.25) is 14.4 Å². The second-order valence-electron chi connectivity index (χ2n) is 7.60. The van der Waals surface area contributed by atoms with Crippen molar-refractivity contribution in [3.8, 4) is 0 Å². The molecule has 3 rings (SSSR count). The molecule has 1 fully saturated rings. The van der Waals surface area contributed by atoms with Crippen LogP contribution in [0.1, 0.15) is 37.6 Å². The van der Waals surface area contributed by atoms with E-state index in [0.29, 0.717) is 43.2 Å². The third-order valence-electron chi connectivity index (χ3n) is 4.58. The summed E-state index contributed by atoms with van der Waals surface area (Å²) in [6.07, 6.45) is 0.0964. The van der Waals surface area contributed by atoms with E-state index in [4.69, 9.17) is 4.74 Å². The van der Waals surface area contributed by atoms with Crippen LogP contribution >= 0.6 is 0 Å². The van der Waals surface area contributed by atoms with Crippen LogP contribution in [-0.4, -0.2) is 60.7 Å². The quantitative estimate of drug-likeness (QED) is 0.800. The van der Waals surface area contributed by atoms with Crippen LogP contribution in [0.2, 0.25) is 0 Å². The van der Waals surface area contributed by atoms with Gasteiger partial charge in [0, 0.05) is 30.9 Å². The van der Waals surface area contributed by atoms with E-state index in [2.05, 4.69) is 24.3 Å². The lowest BCUT2D eigenvalue weighted by Crippen LogP contribution is -2.51. The van der Waals surface area contributed by atoms with E-state index < -0.39 is 0 Å². The molecular weight excluding hydrogens is 360 g/mol. The van der Waals surface area contributed by atoms with E-state index in [-0.39, 0.29) is 30.4 Å². The van der Waals surface area contributed by atoms with Crippen LogP contribution in [0.15, 0.2) is 29.4 Å². The Kier molecular flexibility index (Phi) is 6.08. The molecule has 2 aliphatic rings. The lowest BCUT2D eigenvalue weighted by Gasteiger charge is -2.33. The van der Waals surface area contributed by atoms with E-state index in [1.165, 1.54) is 5.01 Å². The number of nitrogens with zero attached hydrogens (tertiary/aromatic N) is 3. The van der Waals surface area contributed by atoms with Crippen molar-refractivity contribution in [3.63, 3.8) is 0 Å². The minimum atomic E-state index is -0.227. The number of morpholine rings is 1. The van der Waals surface area contributed by atoms with Crippen LogP contribution in [-0.2, 0) is 14.3 Å². The van der Waals surface area contributed by atoms with Crippen molar-refractivity contribution >= 4 is 29.1 Å². The fourth-order valence-electron chi connectivity index (χ4n) is 3.24. The molecule has 0 saturated carbocycles. The molecule has 1 atom stereocenters. The van der Waals surface area contributed by atoms with Crippen molar-refractivity contribution in [2.45, 2.75) is 33.3 Å². The summed E-state index contributed by atoms with van der Waals surface area (Å²) in [5.74, 6) is 0.0622. The van der Waals surface area contributed by atoms with Gasteiger partial charge < -0.3 is 15.0 Å². The highest BCUT2D eigenvalue weighted by Crippen LogP contribution is 2.21. The number of ether oxygens (including phenoxy) is 1. The van der Waals surface area contributed by atoms with Crippen LogP contribution in [0, 0.1) is 5.92 Å². The lowest BCUT2D eigenvalue weighted by atomic mass is 10.1. The first kappa shape index (κ1) is 20.0. The second-order valence-corrected chi connectivity index (χ2v) is 7.60. The fraction of sp³-hybridized carbons (Fsp3) is 0.500. The van der Waals surface area contributed by atoms with Crippen molar-refractivity contribution in [3.05, 3.63) is 29.8 Å². The fourth-order valence-corrected chi connectivity index (χ4v) is 3.24. The Bertz CT molecular complexity index is 788. The minimum Gasteiger partial charge on any atom is -0.365 e. The molecule has 8 heteroatoms. The second kappa shape index (κ2) is 8.52. The Hall–Kier alpha value is -2.74. The number of nitrogens with one attached hydrogen (secondary N) is 1. The average molecular weight is 386 g/mol. The third kappa shape index (κ3) is 4.75. The molecule has 0 radical (unpaired) electrons. The first-order valence-corrected chi connectivity index (χ1v) is 9.48. The zero-order valence-electron chi connectivity index (χ0n) is 16.5. The van der Waals surface area contributed by atoms with Crippen molar-refractivity contribution in [2.24, 2.45) is 11.0 Å². The molecular formula is C20H26N4O4. The predicted molar refractivity (Wildman–Crippen MR) is 105 cm³/mol. The van der Waals surface area contributed by atoms with Crippen LogP contribution in [0.4, 0.5) is 5.69 Å². The van der Waals surface area contributed by atoms with E-state index in [1.54, 1.807) is 29.2 Å². The summed E-state index contributed by atoms with van der Waals surface area (Å²) in [6.45, 7) is 7.47. The standard InChI is InChI=1S/C20H26N4O4/c1-13(2)10-23-11-17(28-12-19(23)26)9-21-20(27)15-4-6-16(7-5-15)24-18(25)8-14(3)22-24/h4-7,13,17H,8-12H2,1-3H3,(H,21,27). The van der Waals surface area contributed by atoms with Gasteiger partial charge in [0.1, 0.15) is 6.61 Å². The third-order valence-corrected chi connectivity index (χ3v) is 4.58. The maximum atomic E-state index is 12.4. The van der Waals surface area contributed by atoms with Crippen LogP contribution in [0.3, 0.4) is 0 Å². The molecule has 150 valence electrons. The van der Waals surface area contributed by atoms with E-state index in [0.717, 1.165) is 5.71 Å². The van der Waals surface area contributed by atoms with Crippen molar-refractivity contribution in [1.29, 1.82) is 0 Å². The number of hydrazone groups is 1. The molecule has 1 aromatic carbocycles. The van der Waals surface area contributed by atoms with Gasteiger partial charge in [-0.05, 0) is 37.1 Å². The van der Waals surface area contributed by atoms with Crippen LogP contribution in [0.5, 0.6) is 0 Å². The van der Waals surface area contributed by atoms with E-state index in [9.17, 15) is 14.4 Å². The summed E-state index contributed by atoms with van der Waals surface area (Å²) >= 11 is 0. The van der Waals surface area contributed by atoms with Crippen molar-refractivity contribution < 1.29 is 19.1 Å². The van der Waals surface area contributed by atoms with Gasteiger partial charge in [0.05, 0.1) is 18.2 Å². The topological polar surface area (TPSA) is 91.3 Å². The van der Waals surface area contributed by atoms with Crippen LogP contribution in [0.25, 0.3) is 0 Å². The number of amides is 3. The van der Waals surface area contributed by atoms with E-state index >= 15 is 0 Å². The Balaban J connectivity index is 1.54. The van der Waals surface area contributed by atoms with Crippen LogP contribution < -0.4 is 10.3 Å². The number of carbonyl (C=O) groups excluding carboxylic acids is 3. The Morgan fingerprint density at radius 3 is 2.57 bits per heavy atom. The Morgan fingerprint density at radius 1 is 1.25 bits per heavy atom. The highest BCUT2D eigenvalue weighted by molar-refractivity contribution is 6.12. The van der Waals surface area contributed by atoms with Gasteiger partial charge in [-0.25, -0.2) is 5.01 Å². The van der Waals surface area contributed by atoms with Gasteiger partial charge in [0.2, 0.25) is 5.91 Å². The first-order valence-electron chi connectivity index (χ1n) is 9.48. The molecule has 1 unspecified atom stereocenters. The zero-order chi connectivity index (χ0) is 20.3. The van der Waals surface area contributed by atoms with Gasteiger partial charge in [0.15, 0.2) is 0 Å². The number of benzene rings is 1. The highest BCUT2D eigenvalue weighted by atomic mass is 16.5.